The standard InChI is InChI=1S/C22H30ClNO3/c1-21(2)14-16-3-4-17(23)19(20(16)27-21)24-11-9-22(10-12-24)7-5-15(6-8-22)13-18(25)26/h3-4,15H,5-14H2,1-2H3,(H,25,26). The summed E-state index contributed by atoms with van der Waals surface area (Å²) >= 11 is 6.60. The molecule has 1 saturated carbocycles. The van der Waals surface area contributed by atoms with Gasteiger partial charge in [0.2, 0.25) is 0 Å². The Bertz CT molecular complexity index is 727. The van der Waals surface area contributed by atoms with Crippen LogP contribution >= 0.6 is 11.6 Å². The fourth-order valence-corrected chi connectivity index (χ4v) is 5.62. The van der Waals surface area contributed by atoms with Gasteiger partial charge in [-0.25, -0.2) is 0 Å². The number of benzene rings is 1. The number of hydrogen-bond acceptors (Lipinski definition) is 3. The van der Waals surface area contributed by atoms with E-state index in [4.69, 9.17) is 21.4 Å². The summed E-state index contributed by atoms with van der Waals surface area (Å²) in [6, 6.07) is 4.12. The second kappa shape index (κ2) is 6.88. The van der Waals surface area contributed by atoms with E-state index in [1.807, 2.05) is 6.07 Å². The average molecular weight is 392 g/mol. The predicted octanol–water partition coefficient (Wildman–Crippen LogP) is 5.31. The molecule has 0 atom stereocenters. The molecule has 1 saturated heterocycles. The van der Waals surface area contributed by atoms with Gasteiger partial charge in [-0.3, -0.25) is 4.79 Å². The second-order valence-electron chi connectivity index (χ2n) is 9.45. The van der Waals surface area contributed by atoms with Gasteiger partial charge in [0, 0.05) is 31.5 Å². The minimum atomic E-state index is -0.652. The van der Waals surface area contributed by atoms with Crippen molar-refractivity contribution in [1.29, 1.82) is 0 Å². The summed E-state index contributed by atoms with van der Waals surface area (Å²) < 4.78 is 6.27. The second-order valence-corrected chi connectivity index (χ2v) is 9.86. The first-order valence-corrected chi connectivity index (χ1v) is 10.6. The van der Waals surface area contributed by atoms with Crippen LogP contribution in [0.4, 0.5) is 5.69 Å². The quantitative estimate of drug-likeness (QED) is 0.759. The SMILES string of the molecule is CC1(C)Cc2ccc(Cl)c(N3CCC4(CCC(CC(=O)O)CC4)CC3)c2O1. The fraction of sp³-hybridized carbons (Fsp3) is 0.682. The summed E-state index contributed by atoms with van der Waals surface area (Å²) in [4.78, 5) is 13.4. The van der Waals surface area contributed by atoms with Crippen molar-refractivity contribution in [2.75, 3.05) is 18.0 Å². The van der Waals surface area contributed by atoms with E-state index < -0.39 is 5.97 Å². The summed E-state index contributed by atoms with van der Waals surface area (Å²) in [5.74, 6) is 0.698. The topological polar surface area (TPSA) is 49.8 Å². The Morgan fingerprint density at radius 2 is 1.89 bits per heavy atom. The van der Waals surface area contributed by atoms with Gasteiger partial charge in [0.05, 0.1) is 10.7 Å². The van der Waals surface area contributed by atoms with E-state index in [9.17, 15) is 4.79 Å². The van der Waals surface area contributed by atoms with Crippen LogP contribution in [0.1, 0.15) is 64.4 Å². The van der Waals surface area contributed by atoms with E-state index in [1.54, 1.807) is 0 Å². The van der Waals surface area contributed by atoms with Gasteiger partial charge < -0.3 is 14.7 Å². The largest absolute Gasteiger partial charge is 0.485 e. The Labute approximate surface area is 166 Å². The van der Waals surface area contributed by atoms with Crippen LogP contribution < -0.4 is 9.64 Å². The molecule has 4 nitrogen and oxygen atoms in total. The molecule has 5 heteroatoms. The molecule has 0 bridgehead atoms. The maximum Gasteiger partial charge on any atom is 0.303 e. The average Bonchev–Trinajstić information content (AvgIpc) is 2.92. The molecule has 0 aromatic heterocycles. The molecule has 1 spiro atoms. The van der Waals surface area contributed by atoms with E-state index in [2.05, 4.69) is 24.8 Å². The summed E-state index contributed by atoms with van der Waals surface area (Å²) in [5, 5.41) is 9.82. The number of fused-ring (bicyclic) bond motifs is 1. The molecule has 4 rings (SSSR count). The van der Waals surface area contributed by atoms with Gasteiger partial charge in [-0.05, 0) is 69.8 Å². The van der Waals surface area contributed by atoms with Crippen LogP contribution in [-0.4, -0.2) is 29.8 Å². The minimum Gasteiger partial charge on any atom is -0.485 e. The molecule has 0 radical (unpaired) electrons. The summed E-state index contributed by atoms with van der Waals surface area (Å²) in [6.45, 7) is 6.27. The van der Waals surface area contributed by atoms with E-state index in [0.29, 0.717) is 17.8 Å². The Morgan fingerprint density at radius 3 is 2.52 bits per heavy atom. The lowest BCUT2D eigenvalue weighted by Crippen LogP contribution is -2.42. The van der Waals surface area contributed by atoms with Crippen LogP contribution in [0.2, 0.25) is 5.02 Å². The van der Waals surface area contributed by atoms with Crippen LogP contribution in [-0.2, 0) is 11.2 Å². The number of carboxylic acid groups (broad SMARTS) is 1. The molecular formula is C22H30ClNO3. The molecule has 1 N–H and O–H groups in total. The number of piperidine rings is 1. The molecule has 2 heterocycles. The Kier molecular flexibility index (Phi) is 4.82. The minimum absolute atomic E-state index is 0.165. The zero-order valence-electron chi connectivity index (χ0n) is 16.4. The fourth-order valence-electron chi connectivity index (χ4n) is 5.35. The first-order valence-electron chi connectivity index (χ1n) is 10.2. The van der Waals surface area contributed by atoms with Gasteiger partial charge in [0.25, 0.3) is 0 Å². The maximum atomic E-state index is 11.0. The predicted molar refractivity (Wildman–Crippen MR) is 108 cm³/mol. The smallest absolute Gasteiger partial charge is 0.303 e. The zero-order chi connectivity index (χ0) is 19.2. The number of carboxylic acids is 1. The van der Waals surface area contributed by atoms with Crippen molar-refractivity contribution in [3.63, 3.8) is 0 Å². The lowest BCUT2D eigenvalue weighted by Gasteiger charge is -2.46. The van der Waals surface area contributed by atoms with Crippen LogP contribution in [0.3, 0.4) is 0 Å². The van der Waals surface area contributed by atoms with Gasteiger partial charge in [-0.1, -0.05) is 17.7 Å². The zero-order valence-corrected chi connectivity index (χ0v) is 17.1. The van der Waals surface area contributed by atoms with Crippen molar-refractivity contribution in [3.05, 3.63) is 22.7 Å². The molecule has 148 valence electrons. The lowest BCUT2D eigenvalue weighted by atomic mass is 9.65. The van der Waals surface area contributed by atoms with Gasteiger partial charge in [-0.2, -0.15) is 0 Å². The summed E-state index contributed by atoms with van der Waals surface area (Å²) in [6.07, 6.45) is 8.05. The molecular weight excluding hydrogens is 362 g/mol. The first-order chi connectivity index (χ1) is 12.8. The highest BCUT2D eigenvalue weighted by molar-refractivity contribution is 6.33. The number of carbonyl (C=O) groups is 1. The van der Waals surface area contributed by atoms with Gasteiger partial charge in [0.1, 0.15) is 11.4 Å². The van der Waals surface area contributed by atoms with Crippen LogP contribution in [0.15, 0.2) is 12.1 Å². The number of halogens is 1. The van der Waals surface area contributed by atoms with Crippen LogP contribution in [0, 0.1) is 11.3 Å². The van der Waals surface area contributed by atoms with Gasteiger partial charge >= 0.3 is 5.97 Å². The molecule has 27 heavy (non-hydrogen) atoms. The first kappa shape index (κ1) is 18.9. The van der Waals surface area contributed by atoms with E-state index in [1.165, 1.54) is 18.4 Å². The molecule has 3 aliphatic rings. The number of nitrogens with zero attached hydrogens (tertiary/aromatic N) is 1. The Hall–Kier alpha value is -1.42. The number of ether oxygens (including phenoxy) is 1. The number of anilines is 1. The molecule has 2 fully saturated rings. The van der Waals surface area contributed by atoms with Crippen molar-refractivity contribution in [2.24, 2.45) is 11.3 Å². The molecule has 1 aliphatic carbocycles. The number of hydrogen-bond donors (Lipinski definition) is 1. The summed E-state index contributed by atoms with van der Waals surface area (Å²) in [7, 11) is 0. The maximum absolute atomic E-state index is 11.0. The third kappa shape index (κ3) is 3.78. The van der Waals surface area contributed by atoms with Crippen molar-refractivity contribution in [2.45, 2.75) is 70.8 Å². The van der Waals surface area contributed by atoms with E-state index in [-0.39, 0.29) is 5.60 Å². The van der Waals surface area contributed by atoms with Crippen molar-refractivity contribution >= 4 is 23.3 Å². The monoisotopic (exact) mass is 391 g/mol. The van der Waals surface area contributed by atoms with Gasteiger partial charge in [0.15, 0.2) is 0 Å². The van der Waals surface area contributed by atoms with E-state index >= 15 is 0 Å². The number of aliphatic carboxylic acids is 1. The summed E-state index contributed by atoms with van der Waals surface area (Å²) in [5.41, 5.74) is 2.57. The molecule has 0 unspecified atom stereocenters. The Balaban J connectivity index is 1.44. The number of rotatable bonds is 3. The molecule has 1 aromatic rings. The highest BCUT2D eigenvalue weighted by Crippen LogP contribution is 2.51. The normalized spacial score (nSPS) is 23.9. The van der Waals surface area contributed by atoms with Gasteiger partial charge in [-0.15, -0.1) is 0 Å². The molecule has 2 aliphatic heterocycles. The molecule has 1 aromatic carbocycles. The highest BCUT2D eigenvalue weighted by atomic mass is 35.5. The third-order valence-electron chi connectivity index (χ3n) is 6.93. The highest BCUT2D eigenvalue weighted by Gasteiger charge is 2.40. The Morgan fingerprint density at radius 1 is 1.22 bits per heavy atom. The van der Waals surface area contributed by atoms with Crippen molar-refractivity contribution < 1.29 is 14.6 Å². The van der Waals surface area contributed by atoms with Crippen LogP contribution in [0.5, 0.6) is 5.75 Å². The lowest BCUT2D eigenvalue weighted by molar-refractivity contribution is -0.138. The van der Waals surface area contributed by atoms with E-state index in [0.717, 1.165) is 61.7 Å². The third-order valence-corrected chi connectivity index (χ3v) is 7.23. The van der Waals surface area contributed by atoms with Crippen molar-refractivity contribution in [3.8, 4) is 5.75 Å². The molecule has 0 amide bonds. The van der Waals surface area contributed by atoms with Crippen LogP contribution in [0.25, 0.3) is 0 Å². The van der Waals surface area contributed by atoms with Crippen molar-refractivity contribution in [1.82, 2.24) is 0 Å².